The molecule has 0 heterocycles. The van der Waals surface area contributed by atoms with Gasteiger partial charge in [0.1, 0.15) is 0 Å². The molecular weight excluding hydrogens is 222 g/mol. The lowest BCUT2D eigenvalue weighted by Crippen LogP contribution is -2.20. The molecule has 0 radical (unpaired) electrons. The van der Waals surface area contributed by atoms with Gasteiger partial charge in [0.05, 0.1) is 0 Å². The Morgan fingerprint density at radius 3 is 2.27 bits per heavy atom. The van der Waals surface area contributed by atoms with Crippen molar-refractivity contribution in [2.75, 3.05) is 30.9 Å². The Kier molecular flexibility index (Phi) is 13.3. The number of rotatable bonds is 11. The van der Waals surface area contributed by atoms with E-state index in [-0.39, 0.29) is 0 Å². The van der Waals surface area contributed by atoms with Crippen LogP contribution in [0, 0.1) is 0 Å². The van der Waals surface area contributed by atoms with Crippen molar-refractivity contribution in [2.45, 2.75) is 46.0 Å². The molecule has 0 amide bonds. The maximum atomic E-state index is 2.54. The van der Waals surface area contributed by atoms with Gasteiger partial charge in [-0.3, -0.25) is 0 Å². The van der Waals surface area contributed by atoms with Crippen LogP contribution < -0.4 is 0 Å². The second-order valence-electron chi connectivity index (χ2n) is 3.82. The third-order valence-electron chi connectivity index (χ3n) is 2.29. The summed E-state index contributed by atoms with van der Waals surface area (Å²) >= 11 is 4.00. The normalized spacial score (nSPS) is 11.2. The quantitative estimate of drug-likeness (QED) is 0.397. The zero-order chi connectivity index (χ0) is 11.4. The summed E-state index contributed by atoms with van der Waals surface area (Å²) < 4.78 is 2.54. The standard InChI is InChI=1S/C12H27NS2/c1-4-6-7-8-11-15-13(9-5-2)10-12-14-3/h4-12H2,1-3H3. The Morgan fingerprint density at radius 1 is 0.867 bits per heavy atom. The van der Waals surface area contributed by atoms with E-state index < -0.39 is 0 Å². The Bertz CT molecular complexity index is 120. The van der Waals surface area contributed by atoms with Gasteiger partial charge in [-0.2, -0.15) is 11.8 Å². The number of unbranched alkanes of at least 4 members (excludes halogenated alkanes) is 3. The first-order chi connectivity index (χ1) is 7.35. The summed E-state index contributed by atoms with van der Waals surface area (Å²) in [5.41, 5.74) is 0. The SMILES string of the molecule is CCCCCCSN(CCC)CCSC. The average Bonchev–Trinajstić information content (AvgIpc) is 2.25. The minimum Gasteiger partial charge on any atom is -0.250 e. The van der Waals surface area contributed by atoms with Gasteiger partial charge in [0.25, 0.3) is 0 Å². The van der Waals surface area contributed by atoms with Crippen LogP contribution in [-0.2, 0) is 0 Å². The van der Waals surface area contributed by atoms with Gasteiger partial charge in [-0.15, -0.1) is 0 Å². The fourth-order valence-corrected chi connectivity index (χ4v) is 3.05. The molecule has 1 nitrogen and oxygen atoms in total. The molecule has 0 unspecified atom stereocenters. The smallest absolute Gasteiger partial charge is 0.0180 e. The van der Waals surface area contributed by atoms with E-state index >= 15 is 0 Å². The van der Waals surface area contributed by atoms with Crippen LogP contribution in [0.25, 0.3) is 0 Å². The van der Waals surface area contributed by atoms with Gasteiger partial charge in [-0.05, 0) is 19.1 Å². The number of thioether (sulfide) groups is 1. The third-order valence-corrected chi connectivity index (χ3v) is 4.08. The van der Waals surface area contributed by atoms with E-state index in [4.69, 9.17) is 0 Å². The van der Waals surface area contributed by atoms with Crippen molar-refractivity contribution >= 4 is 23.7 Å². The van der Waals surface area contributed by atoms with Crippen molar-refractivity contribution in [1.82, 2.24) is 4.31 Å². The summed E-state index contributed by atoms with van der Waals surface area (Å²) in [4.78, 5) is 0. The van der Waals surface area contributed by atoms with Gasteiger partial charge >= 0.3 is 0 Å². The first kappa shape index (κ1) is 15.7. The largest absolute Gasteiger partial charge is 0.250 e. The lowest BCUT2D eigenvalue weighted by molar-refractivity contribution is 0.496. The first-order valence-electron chi connectivity index (χ1n) is 6.21. The van der Waals surface area contributed by atoms with Crippen LogP contribution in [0.1, 0.15) is 46.0 Å². The third kappa shape index (κ3) is 10.9. The zero-order valence-corrected chi connectivity index (χ0v) is 12.3. The predicted molar refractivity (Wildman–Crippen MR) is 76.8 cm³/mol. The molecule has 0 atom stereocenters. The maximum absolute atomic E-state index is 2.54. The minimum atomic E-state index is 1.24. The van der Waals surface area contributed by atoms with Crippen LogP contribution in [0.15, 0.2) is 0 Å². The summed E-state index contributed by atoms with van der Waals surface area (Å²) in [6, 6.07) is 0. The van der Waals surface area contributed by atoms with Crippen LogP contribution in [0.4, 0.5) is 0 Å². The van der Waals surface area contributed by atoms with Crippen LogP contribution in [0.2, 0.25) is 0 Å². The molecule has 0 rings (SSSR count). The van der Waals surface area contributed by atoms with Crippen LogP contribution in [0.3, 0.4) is 0 Å². The lowest BCUT2D eigenvalue weighted by Gasteiger charge is -2.19. The number of hydrogen-bond acceptors (Lipinski definition) is 3. The lowest BCUT2D eigenvalue weighted by atomic mass is 10.2. The second-order valence-corrected chi connectivity index (χ2v) is 5.98. The zero-order valence-electron chi connectivity index (χ0n) is 10.6. The van der Waals surface area contributed by atoms with Crippen LogP contribution >= 0.6 is 23.7 Å². The van der Waals surface area contributed by atoms with Crippen LogP contribution in [-0.4, -0.2) is 35.2 Å². The van der Waals surface area contributed by atoms with Gasteiger partial charge in [0.15, 0.2) is 0 Å². The molecule has 0 aromatic rings. The Labute approximate surface area is 105 Å². The van der Waals surface area contributed by atoms with Gasteiger partial charge in [-0.25, -0.2) is 4.31 Å². The molecule has 0 saturated heterocycles. The first-order valence-corrected chi connectivity index (χ1v) is 8.55. The summed E-state index contributed by atoms with van der Waals surface area (Å²) in [6.07, 6.45) is 9.01. The van der Waals surface area contributed by atoms with Gasteiger partial charge in [0.2, 0.25) is 0 Å². The molecule has 0 saturated carbocycles. The molecule has 0 aromatic heterocycles. The predicted octanol–water partition coefficient (Wildman–Crippen LogP) is 4.29. The monoisotopic (exact) mass is 249 g/mol. The van der Waals surface area contributed by atoms with Gasteiger partial charge in [-0.1, -0.05) is 45.1 Å². The van der Waals surface area contributed by atoms with E-state index in [9.17, 15) is 0 Å². The van der Waals surface area contributed by atoms with Crippen molar-refractivity contribution in [3.63, 3.8) is 0 Å². The molecule has 0 bridgehead atoms. The van der Waals surface area contributed by atoms with E-state index in [1.807, 2.05) is 11.8 Å². The topological polar surface area (TPSA) is 3.24 Å². The van der Waals surface area contributed by atoms with E-state index in [0.29, 0.717) is 0 Å². The number of hydrogen-bond donors (Lipinski definition) is 0. The molecule has 0 aliphatic rings. The summed E-state index contributed by atoms with van der Waals surface area (Å²) in [5.74, 6) is 2.58. The number of nitrogens with zero attached hydrogens (tertiary/aromatic N) is 1. The Morgan fingerprint density at radius 2 is 1.67 bits per heavy atom. The van der Waals surface area contributed by atoms with Crippen molar-refractivity contribution in [3.8, 4) is 0 Å². The van der Waals surface area contributed by atoms with Gasteiger partial charge < -0.3 is 0 Å². The molecule has 0 aliphatic heterocycles. The van der Waals surface area contributed by atoms with Crippen molar-refractivity contribution in [1.29, 1.82) is 0 Å². The molecule has 0 spiro atoms. The highest BCUT2D eigenvalue weighted by molar-refractivity contribution is 7.98. The van der Waals surface area contributed by atoms with Crippen LogP contribution in [0.5, 0.6) is 0 Å². The molecular formula is C12H27NS2. The highest BCUT2D eigenvalue weighted by Gasteiger charge is 2.03. The second kappa shape index (κ2) is 12.7. The molecule has 92 valence electrons. The average molecular weight is 249 g/mol. The molecule has 0 aromatic carbocycles. The highest BCUT2D eigenvalue weighted by Crippen LogP contribution is 2.14. The minimum absolute atomic E-state index is 1.24. The van der Waals surface area contributed by atoms with E-state index in [1.165, 1.54) is 56.7 Å². The molecule has 0 aliphatic carbocycles. The fraction of sp³-hybridized carbons (Fsp3) is 1.00. The fourth-order valence-electron chi connectivity index (χ4n) is 1.41. The maximum Gasteiger partial charge on any atom is 0.0180 e. The summed E-state index contributed by atoms with van der Waals surface area (Å²) in [5, 5.41) is 0. The Hall–Kier alpha value is 0.660. The van der Waals surface area contributed by atoms with E-state index in [2.05, 4.69) is 36.4 Å². The molecule has 15 heavy (non-hydrogen) atoms. The van der Waals surface area contributed by atoms with E-state index in [1.54, 1.807) is 0 Å². The van der Waals surface area contributed by atoms with Gasteiger partial charge in [0, 0.05) is 24.6 Å². The Balaban J connectivity index is 3.38. The molecule has 0 N–H and O–H groups in total. The molecule has 0 fully saturated rings. The molecule has 3 heteroatoms. The van der Waals surface area contributed by atoms with Crippen molar-refractivity contribution < 1.29 is 0 Å². The summed E-state index contributed by atoms with van der Waals surface area (Å²) in [6.45, 7) is 7.03. The highest BCUT2D eigenvalue weighted by atomic mass is 32.2. The van der Waals surface area contributed by atoms with E-state index in [0.717, 1.165) is 0 Å². The summed E-state index contributed by atoms with van der Waals surface area (Å²) in [7, 11) is 0. The van der Waals surface area contributed by atoms with Crippen molar-refractivity contribution in [3.05, 3.63) is 0 Å². The van der Waals surface area contributed by atoms with Crippen molar-refractivity contribution in [2.24, 2.45) is 0 Å².